The van der Waals surface area contributed by atoms with E-state index in [4.69, 9.17) is 0 Å². The summed E-state index contributed by atoms with van der Waals surface area (Å²) in [5.74, 6) is 0. The third kappa shape index (κ3) is 2.06. The molecule has 1 aliphatic heterocycles. The summed E-state index contributed by atoms with van der Waals surface area (Å²) < 4.78 is 0. The zero-order valence-electron chi connectivity index (χ0n) is 11.3. The van der Waals surface area contributed by atoms with Gasteiger partial charge in [-0.15, -0.1) is 6.58 Å². The molecule has 1 aliphatic rings. The third-order valence-electron chi connectivity index (χ3n) is 3.99. The Hall–Kier alpha value is -2.02. The highest BCUT2D eigenvalue weighted by atomic mass is 15.2. The number of anilines is 1. The Morgan fingerprint density at radius 1 is 1.11 bits per heavy atom. The second kappa shape index (κ2) is 4.93. The van der Waals surface area contributed by atoms with Crippen molar-refractivity contribution < 1.29 is 0 Å². The van der Waals surface area contributed by atoms with Crippen molar-refractivity contribution in [1.29, 1.82) is 0 Å². The van der Waals surface area contributed by atoms with E-state index in [2.05, 4.69) is 73.0 Å². The fourth-order valence-electron chi connectivity index (χ4n) is 2.99. The number of nitrogens with zero attached hydrogens (tertiary/aromatic N) is 1. The van der Waals surface area contributed by atoms with Crippen molar-refractivity contribution in [1.82, 2.24) is 0 Å². The van der Waals surface area contributed by atoms with Gasteiger partial charge in [-0.05, 0) is 36.1 Å². The van der Waals surface area contributed by atoms with Crippen LogP contribution in [0.25, 0.3) is 0 Å². The zero-order valence-corrected chi connectivity index (χ0v) is 11.3. The van der Waals surface area contributed by atoms with Crippen molar-refractivity contribution >= 4 is 5.69 Å². The molecule has 0 saturated heterocycles. The minimum Gasteiger partial charge on any atom is -0.360 e. The van der Waals surface area contributed by atoms with E-state index in [1.165, 1.54) is 22.4 Å². The van der Waals surface area contributed by atoms with Crippen LogP contribution in [0, 0.1) is 6.92 Å². The van der Waals surface area contributed by atoms with Crippen LogP contribution in [0.3, 0.4) is 0 Å². The predicted octanol–water partition coefficient (Wildman–Crippen LogP) is 4.28. The van der Waals surface area contributed by atoms with Gasteiger partial charge in [0.15, 0.2) is 0 Å². The van der Waals surface area contributed by atoms with Gasteiger partial charge in [-0.2, -0.15) is 0 Å². The van der Waals surface area contributed by atoms with Crippen molar-refractivity contribution in [3.05, 3.63) is 77.9 Å². The molecule has 0 fully saturated rings. The Labute approximate surface area is 115 Å². The van der Waals surface area contributed by atoms with Gasteiger partial charge in [0, 0.05) is 12.2 Å². The lowest BCUT2D eigenvalue weighted by Gasteiger charge is -2.29. The van der Waals surface area contributed by atoms with Gasteiger partial charge < -0.3 is 4.90 Å². The average molecular weight is 249 g/mol. The number of fused-ring (bicyclic) bond motifs is 1. The first-order valence-electron chi connectivity index (χ1n) is 6.84. The number of benzene rings is 2. The number of para-hydroxylation sites is 1. The van der Waals surface area contributed by atoms with E-state index < -0.39 is 0 Å². The van der Waals surface area contributed by atoms with Crippen LogP contribution < -0.4 is 4.90 Å². The van der Waals surface area contributed by atoms with Gasteiger partial charge in [-0.3, -0.25) is 0 Å². The monoisotopic (exact) mass is 249 g/mol. The van der Waals surface area contributed by atoms with Gasteiger partial charge >= 0.3 is 0 Å². The molecule has 0 saturated carbocycles. The molecule has 0 radical (unpaired) electrons. The predicted molar refractivity (Wildman–Crippen MR) is 81.6 cm³/mol. The largest absolute Gasteiger partial charge is 0.360 e. The fraction of sp³-hybridized carbons (Fsp3) is 0.222. The maximum absolute atomic E-state index is 4.05. The third-order valence-corrected chi connectivity index (χ3v) is 3.99. The quantitative estimate of drug-likeness (QED) is 0.734. The molecule has 2 aromatic carbocycles. The van der Waals surface area contributed by atoms with Gasteiger partial charge in [-0.25, -0.2) is 0 Å². The molecule has 1 heterocycles. The Morgan fingerprint density at radius 2 is 1.84 bits per heavy atom. The first kappa shape index (κ1) is 12.0. The molecule has 0 aromatic heterocycles. The lowest BCUT2D eigenvalue weighted by atomic mass is 10.00. The van der Waals surface area contributed by atoms with Crippen LogP contribution in [-0.2, 0) is 6.42 Å². The summed E-state index contributed by atoms with van der Waals surface area (Å²) >= 11 is 0. The van der Waals surface area contributed by atoms with Crippen LogP contribution in [-0.4, -0.2) is 6.54 Å². The van der Waals surface area contributed by atoms with Gasteiger partial charge in [0.05, 0.1) is 6.04 Å². The molecule has 0 amide bonds. The maximum Gasteiger partial charge on any atom is 0.0726 e. The second-order valence-electron chi connectivity index (χ2n) is 5.11. The van der Waals surface area contributed by atoms with Gasteiger partial charge in [0.25, 0.3) is 0 Å². The molecular weight excluding hydrogens is 230 g/mol. The SMILES string of the molecule is C=CC(c1ccccc1C)N1CCc2ccccc21. The highest BCUT2D eigenvalue weighted by molar-refractivity contribution is 5.60. The first-order chi connectivity index (χ1) is 9.31. The van der Waals surface area contributed by atoms with Crippen molar-refractivity contribution in [2.24, 2.45) is 0 Å². The first-order valence-corrected chi connectivity index (χ1v) is 6.84. The van der Waals surface area contributed by atoms with Crippen molar-refractivity contribution in [3.8, 4) is 0 Å². The molecule has 1 heteroatoms. The van der Waals surface area contributed by atoms with Crippen LogP contribution in [0.1, 0.15) is 22.7 Å². The molecule has 0 bridgehead atoms. The molecule has 0 N–H and O–H groups in total. The molecule has 0 aliphatic carbocycles. The lowest BCUT2D eigenvalue weighted by Crippen LogP contribution is -2.25. The maximum atomic E-state index is 4.05. The van der Waals surface area contributed by atoms with Gasteiger partial charge in [-0.1, -0.05) is 48.5 Å². The number of aryl methyl sites for hydroxylation is 1. The molecule has 2 aromatic rings. The summed E-state index contributed by atoms with van der Waals surface area (Å²) in [5.41, 5.74) is 5.49. The van der Waals surface area contributed by atoms with Gasteiger partial charge in [0.1, 0.15) is 0 Å². The normalized spacial score (nSPS) is 15.1. The Bertz CT molecular complexity index is 600. The minimum absolute atomic E-state index is 0.268. The Kier molecular flexibility index (Phi) is 3.12. The summed E-state index contributed by atoms with van der Waals surface area (Å²) in [4.78, 5) is 2.46. The van der Waals surface area contributed by atoms with E-state index in [9.17, 15) is 0 Å². The molecule has 0 spiro atoms. The van der Waals surface area contributed by atoms with Crippen molar-refractivity contribution in [3.63, 3.8) is 0 Å². The highest BCUT2D eigenvalue weighted by Gasteiger charge is 2.25. The molecular formula is C18H19N. The summed E-state index contributed by atoms with van der Waals surface area (Å²) in [7, 11) is 0. The standard InChI is InChI=1S/C18H19N/c1-3-17(16-10-6-4-8-14(16)2)19-13-12-15-9-5-7-11-18(15)19/h3-11,17H,1,12-13H2,2H3. The topological polar surface area (TPSA) is 3.24 Å². The average Bonchev–Trinajstić information content (AvgIpc) is 2.86. The highest BCUT2D eigenvalue weighted by Crippen LogP contribution is 2.36. The Morgan fingerprint density at radius 3 is 2.63 bits per heavy atom. The second-order valence-corrected chi connectivity index (χ2v) is 5.11. The zero-order chi connectivity index (χ0) is 13.2. The molecule has 1 unspecified atom stereocenters. The summed E-state index contributed by atoms with van der Waals surface area (Å²) in [6.45, 7) is 7.30. The van der Waals surface area contributed by atoms with E-state index in [1.807, 2.05) is 0 Å². The summed E-state index contributed by atoms with van der Waals surface area (Å²) in [6.07, 6.45) is 3.19. The lowest BCUT2D eigenvalue weighted by molar-refractivity contribution is 0.750. The van der Waals surface area contributed by atoms with Gasteiger partial charge in [0.2, 0.25) is 0 Å². The van der Waals surface area contributed by atoms with E-state index in [-0.39, 0.29) is 6.04 Å². The molecule has 1 nitrogen and oxygen atoms in total. The van der Waals surface area contributed by atoms with Crippen molar-refractivity contribution in [2.45, 2.75) is 19.4 Å². The van der Waals surface area contributed by atoms with Crippen LogP contribution in [0.5, 0.6) is 0 Å². The molecule has 19 heavy (non-hydrogen) atoms. The van der Waals surface area contributed by atoms with Crippen molar-refractivity contribution in [2.75, 3.05) is 11.4 Å². The van der Waals surface area contributed by atoms with Crippen LogP contribution >= 0.6 is 0 Å². The fourth-order valence-corrected chi connectivity index (χ4v) is 2.99. The van der Waals surface area contributed by atoms with E-state index >= 15 is 0 Å². The van der Waals surface area contributed by atoms with Crippen LogP contribution in [0.15, 0.2) is 61.2 Å². The number of hydrogen-bond donors (Lipinski definition) is 0. The molecule has 1 atom stereocenters. The smallest absolute Gasteiger partial charge is 0.0726 e. The Balaban J connectivity index is 2.02. The summed E-state index contributed by atoms with van der Waals surface area (Å²) in [5, 5.41) is 0. The minimum atomic E-state index is 0.268. The molecule has 3 rings (SSSR count). The van der Waals surface area contributed by atoms with E-state index in [0.29, 0.717) is 0 Å². The van der Waals surface area contributed by atoms with Crippen LogP contribution in [0.2, 0.25) is 0 Å². The number of rotatable bonds is 3. The van der Waals surface area contributed by atoms with E-state index in [1.54, 1.807) is 0 Å². The molecule has 96 valence electrons. The van der Waals surface area contributed by atoms with E-state index in [0.717, 1.165) is 13.0 Å². The van der Waals surface area contributed by atoms with Crippen LogP contribution in [0.4, 0.5) is 5.69 Å². The summed E-state index contributed by atoms with van der Waals surface area (Å²) in [6, 6.07) is 17.6. The number of hydrogen-bond acceptors (Lipinski definition) is 1.